The van der Waals surface area contributed by atoms with Gasteiger partial charge >= 0.3 is 6.03 Å². The second-order valence-electron chi connectivity index (χ2n) is 11.1. The molecule has 45 heavy (non-hydrogen) atoms. The zero-order valence-electron chi connectivity index (χ0n) is 25.0. The Morgan fingerprint density at radius 2 is 1.67 bits per heavy atom. The van der Waals surface area contributed by atoms with Crippen molar-refractivity contribution < 1.29 is 26.7 Å². The number of ether oxygens (including phenoxy) is 1. The number of nitrogens with one attached hydrogen (secondary N) is 2. The van der Waals surface area contributed by atoms with Crippen LogP contribution in [-0.2, 0) is 23.1 Å². The van der Waals surface area contributed by atoms with E-state index in [-0.39, 0.29) is 18.3 Å². The van der Waals surface area contributed by atoms with Crippen LogP contribution in [0.2, 0.25) is 0 Å². The molecule has 236 valence electrons. The van der Waals surface area contributed by atoms with Gasteiger partial charge in [-0.2, -0.15) is 0 Å². The molecule has 0 spiro atoms. The van der Waals surface area contributed by atoms with Gasteiger partial charge in [-0.25, -0.2) is 22.0 Å². The number of likely N-dealkylation sites (tertiary alicyclic amines) is 1. The molecule has 1 saturated heterocycles. The molecule has 3 aromatic carbocycles. The first kappa shape index (κ1) is 31.9. The van der Waals surface area contributed by atoms with Gasteiger partial charge in [0.25, 0.3) is 0 Å². The van der Waals surface area contributed by atoms with E-state index in [1.807, 2.05) is 43.3 Å². The highest BCUT2D eigenvalue weighted by molar-refractivity contribution is 7.92. The maximum Gasteiger partial charge on any atom is 0.322 e. The van der Waals surface area contributed by atoms with Crippen LogP contribution in [0.4, 0.5) is 25.0 Å². The molecule has 9 nitrogen and oxygen atoms in total. The fraction of sp³-hybridized carbons (Fsp3) is 0.273. The Labute approximate surface area is 261 Å². The van der Waals surface area contributed by atoms with Gasteiger partial charge in [0.05, 0.1) is 24.2 Å². The lowest BCUT2D eigenvalue weighted by molar-refractivity contribution is 0.119. The van der Waals surface area contributed by atoms with E-state index in [1.165, 1.54) is 6.07 Å². The summed E-state index contributed by atoms with van der Waals surface area (Å²) in [4.78, 5) is 21.9. The van der Waals surface area contributed by atoms with Crippen molar-refractivity contribution in [1.82, 2.24) is 14.8 Å². The first-order valence-corrected chi connectivity index (χ1v) is 16.4. The molecule has 2 N–H and O–H groups in total. The van der Waals surface area contributed by atoms with Gasteiger partial charge in [0, 0.05) is 43.6 Å². The van der Waals surface area contributed by atoms with E-state index in [1.54, 1.807) is 35.4 Å². The van der Waals surface area contributed by atoms with Gasteiger partial charge in [-0.1, -0.05) is 18.2 Å². The highest BCUT2D eigenvalue weighted by Crippen LogP contribution is 2.26. The number of aryl methyl sites for hydroxylation is 1. The lowest BCUT2D eigenvalue weighted by atomic mass is 10.0. The normalized spacial score (nSPS) is 14.1. The van der Waals surface area contributed by atoms with Gasteiger partial charge in [0.1, 0.15) is 23.1 Å². The van der Waals surface area contributed by atoms with Crippen LogP contribution in [0.15, 0.2) is 85.1 Å². The summed E-state index contributed by atoms with van der Waals surface area (Å²) in [6, 6.07) is 20.8. The number of carbonyl (C=O) groups excluding carboxylic acids is 1. The SMILES string of the molecule is Cc1cccnc1CN(C(=O)Nc1ccc(F)cc1F)C1CCN(Cc2ccc(Oc3ccc(NS(C)(=O)=O)cc3)cc2)CC1. The molecule has 1 aliphatic rings. The molecule has 1 aromatic heterocycles. The Balaban J connectivity index is 1.18. The molecule has 1 aliphatic heterocycles. The van der Waals surface area contributed by atoms with E-state index in [9.17, 15) is 22.0 Å². The Morgan fingerprint density at radius 1 is 1.00 bits per heavy atom. The van der Waals surface area contributed by atoms with Gasteiger partial charge < -0.3 is 15.0 Å². The number of rotatable bonds is 10. The minimum Gasteiger partial charge on any atom is -0.457 e. The summed E-state index contributed by atoms with van der Waals surface area (Å²) in [5.74, 6) is -0.300. The molecule has 1 fully saturated rings. The van der Waals surface area contributed by atoms with Gasteiger partial charge in [-0.05, 0) is 85.5 Å². The third-order valence-electron chi connectivity index (χ3n) is 7.59. The number of nitrogens with zero attached hydrogens (tertiary/aromatic N) is 3. The number of hydrogen-bond donors (Lipinski definition) is 2. The lowest BCUT2D eigenvalue weighted by Crippen LogP contribution is -2.48. The molecule has 4 aromatic rings. The van der Waals surface area contributed by atoms with Crippen molar-refractivity contribution in [3.8, 4) is 11.5 Å². The quantitative estimate of drug-likeness (QED) is 0.205. The highest BCUT2D eigenvalue weighted by Gasteiger charge is 2.29. The molecular weight excluding hydrogens is 600 g/mol. The van der Waals surface area contributed by atoms with Crippen molar-refractivity contribution >= 4 is 27.4 Å². The molecule has 12 heteroatoms. The minimum absolute atomic E-state index is 0.0741. The predicted molar refractivity (Wildman–Crippen MR) is 170 cm³/mol. The second-order valence-corrected chi connectivity index (χ2v) is 12.8. The number of aromatic nitrogens is 1. The summed E-state index contributed by atoms with van der Waals surface area (Å²) < 4.78 is 58.9. The van der Waals surface area contributed by atoms with Crippen LogP contribution < -0.4 is 14.8 Å². The van der Waals surface area contributed by atoms with Gasteiger partial charge in [0.15, 0.2) is 0 Å². The van der Waals surface area contributed by atoms with Gasteiger partial charge in [0.2, 0.25) is 10.0 Å². The molecule has 2 amide bonds. The van der Waals surface area contributed by atoms with E-state index in [0.29, 0.717) is 17.2 Å². The molecule has 0 bridgehead atoms. The fourth-order valence-corrected chi connectivity index (χ4v) is 5.81. The van der Waals surface area contributed by atoms with Gasteiger partial charge in [-0.15, -0.1) is 0 Å². The minimum atomic E-state index is -3.35. The van der Waals surface area contributed by atoms with E-state index in [4.69, 9.17) is 4.74 Å². The first-order valence-electron chi connectivity index (χ1n) is 14.5. The van der Waals surface area contributed by atoms with Crippen LogP contribution in [0.3, 0.4) is 0 Å². The molecule has 0 unspecified atom stereocenters. The number of pyridine rings is 1. The number of amides is 2. The van der Waals surface area contributed by atoms with Crippen LogP contribution in [0, 0.1) is 18.6 Å². The molecule has 2 heterocycles. The van der Waals surface area contributed by atoms with Crippen molar-refractivity contribution in [2.45, 2.75) is 38.9 Å². The Kier molecular flexibility index (Phi) is 9.94. The summed E-state index contributed by atoms with van der Waals surface area (Å²) in [6.45, 7) is 4.45. The zero-order chi connectivity index (χ0) is 32.0. The highest BCUT2D eigenvalue weighted by atomic mass is 32.2. The van der Waals surface area contributed by atoms with Crippen LogP contribution in [0.1, 0.15) is 29.7 Å². The Bertz CT molecular complexity index is 1730. The fourth-order valence-electron chi connectivity index (χ4n) is 5.24. The average molecular weight is 636 g/mol. The van der Waals surface area contributed by atoms with E-state index < -0.39 is 27.7 Å². The third kappa shape index (κ3) is 8.99. The lowest BCUT2D eigenvalue weighted by Gasteiger charge is -2.38. The van der Waals surface area contributed by atoms with E-state index in [2.05, 4.69) is 19.9 Å². The molecule has 0 atom stereocenters. The Morgan fingerprint density at radius 3 is 2.29 bits per heavy atom. The average Bonchev–Trinajstić information content (AvgIpc) is 3.00. The summed E-state index contributed by atoms with van der Waals surface area (Å²) in [5.41, 5.74) is 3.21. The van der Waals surface area contributed by atoms with Gasteiger partial charge in [-0.3, -0.25) is 14.6 Å². The second kappa shape index (κ2) is 14.0. The van der Waals surface area contributed by atoms with Crippen molar-refractivity contribution in [1.29, 1.82) is 0 Å². The Hall–Kier alpha value is -4.55. The smallest absolute Gasteiger partial charge is 0.322 e. The van der Waals surface area contributed by atoms with E-state index >= 15 is 0 Å². The largest absolute Gasteiger partial charge is 0.457 e. The topological polar surface area (TPSA) is 104 Å². The summed E-state index contributed by atoms with van der Waals surface area (Å²) in [6.07, 6.45) is 4.22. The molecular formula is C33H35F2N5O4S. The third-order valence-corrected chi connectivity index (χ3v) is 8.20. The summed E-state index contributed by atoms with van der Waals surface area (Å²) in [5, 5.41) is 2.62. The maximum absolute atomic E-state index is 14.3. The van der Waals surface area contributed by atoms with Crippen LogP contribution >= 0.6 is 0 Å². The van der Waals surface area contributed by atoms with Crippen LogP contribution in [0.25, 0.3) is 0 Å². The number of sulfonamides is 1. The zero-order valence-corrected chi connectivity index (χ0v) is 25.9. The molecule has 5 rings (SSSR count). The summed E-state index contributed by atoms with van der Waals surface area (Å²) >= 11 is 0. The number of piperidine rings is 1. The standard InChI is InChI=1S/C33H35F2N5O4S/c1-23-4-3-17-36-32(23)22-40(33(41)37-31-14-7-25(34)20-30(31)35)27-15-18-39(19-16-27)21-24-5-10-28(11-6-24)44-29-12-8-26(9-13-29)38-45(2,42)43/h3-14,17,20,27,38H,15-16,18-19,21-22H2,1-2H3,(H,37,41). The van der Waals surface area contributed by atoms with Crippen molar-refractivity contribution in [2.75, 3.05) is 29.4 Å². The van der Waals surface area contributed by atoms with Crippen molar-refractivity contribution in [3.63, 3.8) is 0 Å². The van der Waals surface area contributed by atoms with Crippen LogP contribution in [0.5, 0.6) is 11.5 Å². The van der Waals surface area contributed by atoms with E-state index in [0.717, 1.165) is 67.7 Å². The number of hydrogen-bond acceptors (Lipinski definition) is 6. The number of urea groups is 1. The molecule has 0 saturated carbocycles. The van der Waals surface area contributed by atoms with Crippen molar-refractivity contribution in [2.24, 2.45) is 0 Å². The predicted octanol–water partition coefficient (Wildman–Crippen LogP) is 6.53. The number of carbonyl (C=O) groups is 1. The monoisotopic (exact) mass is 635 g/mol. The molecule has 0 radical (unpaired) electrons. The summed E-state index contributed by atoms with van der Waals surface area (Å²) in [7, 11) is -3.35. The number of anilines is 2. The van der Waals surface area contributed by atoms with Crippen LogP contribution in [-0.4, -0.2) is 54.6 Å². The molecule has 0 aliphatic carbocycles. The first-order chi connectivity index (χ1) is 21.5. The number of halogens is 2. The maximum atomic E-state index is 14.3. The number of benzene rings is 3. The van der Waals surface area contributed by atoms with Crippen molar-refractivity contribution in [3.05, 3.63) is 114 Å².